The van der Waals surface area contributed by atoms with Crippen molar-refractivity contribution in [1.29, 1.82) is 0 Å². The third kappa shape index (κ3) is 3.79. The Morgan fingerprint density at radius 3 is 2.80 bits per heavy atom. The highest BCUT2D eigenvalue weighted by Crippen LogP contribution is 2.22. The van der Waals surface area contributed by atoms with E-state index >= 15 is 0 Å². The quantitative estimate of drug-likeness (QED) is 0.848. The van der Waals surface area contributed by atoms with E-state index in [1.54, 1.807) is 0 Å². The van der Waals surface area contributed by atoms with Crippen LogP contribution in [0.15, 0.2) is 24.3 Å². The van der Waals surface area contributed by atoms with E-state index < -0.39 is 0 Å². The van der Waals surface area contributed by atoms with Crippen molar-refractivity contribution in [2.75, 3.05) is 26.0 Å². The minimum Gasteiger partial charge on any atom is -0.364 e. The average Bonchev–Trinajstić information content (AvgIpc) is 2.89. The van der Waals surface area contributed by atoms with Crippen molar-refractivity contribution in [1.82, 2.24) is 4.90 Å². The number of amides is 1. The minimum atomic E-state index is -0.379. The Morgan fingerprint density at radius 2 is 2.15 bits per heavy atom. The van der Waals surface area contributed by atoms with Crippen molar-refractivity contribution < 1.29 is 9.53 Å². The molecule has 0 aromatic heterocycles. The molecule has 3 N–H and O–H groups in total. The molecule has 1 aliphatic heterocycles. The lowest BCUT2D eigenvalue weighted by atomic mass is 10.1. The second kappa shape index (κ2) is 6.83. The van der Waals surface area contributed by atoms with Crippen molar-refractivity contribution >= 4 is 11.6 Å². The molecule has 1 amide bonds. The molecule has 20 heavy (non-hydrogen) atoms. The van der Waals surface area contributed by atoms with E-state index in [9.17, 15) is 4.79 Å². The summed E-state index contributed by atoms with van der Waals surface area (Å²) in [5.41, 5.74) is 7.51. The monoisotopic (exact) mass is 277 g/mol. The van der Waals surface area contributed by atoms with Crippen LogP contribution in [0.4, 0.5) is 5.69 Å². The number of nitrogens with zero attached hydrogens (tertiary/aromatic N) is 1. The molecule has 2 unspecified atom stereocenters. The molecule has 1 aromatic rings. The van der Waals surface area contributed by atoms with E-state index in [4.69, 9.17) is 10.5 Å². The maximum absolute atomic E-state index is 12.2. The van der Waals surface area contributed by atoms with Crippen molar-refractivity contribution in [3.63, 3.8) is 0 Å². The molecule has 5 nitrogen and oxygen atoms in total. The van der Waals surface area contributed by atoms with Gasteiger partial charge in [0.15, 0.2) is 0 Å². The molecule has 5 heteroatoms. The normalized spacial score (nSPS) is 22.2. The van der Waals surface area contributed by atoms with Gasteiger partial charge in [0, 0.05) is 18.8 Å². The van der Waals surface area contributed by atoms with E-state index in [2.05, 4.69) is 10.2 Å². The molecule has 110 valence electrons. The second-order valence-electron chi connectivity index (χ2n) is 5.44. The number of anilines is 1. The zero-order valence-corrected chi connectivity index (χ0v) is 12.1. The Labute approximate surface area is 120 Å². The Hall–Kier alpha value is -1.43. The Balaban J connectivity index is 2.01. The molecule has 0 aliphatic carbocycles. The molecule has 1 aromatic carbocycles. The maximum Gasteiger partial charge on any atom is 0.253 e. The lowest BCUT2D eigenvalue weighted by Crippen LogP contribution is -2.30. The van der Waals surface area contributed by atoms with Gasteiger partial charge in [-0.15, -0.1) is 0 Å². The van der Waals surface area contributed by atoms with Crippen LogP contribution in [0.3, 0.4) is 0 Å². The van der Waals surface area contributed by atoms with Crippen LogP contribution in [-0.4, -0.2) is 43.7 Å². The fourth-order valence-corrected chi connectivity index (χ4v) is 2.41. The summed E-state index contributed by atoms with van der Waals surface area (Å²) < 4.78 is 5.62. The predicted octanol–water partition coefficient (Wildman–Crippen LogP) is 1.19. The molecule has 1 aliphatic rings. The second-order valence-corrected chi connectivity index (χ2v) is 5.44. The number of hydrogen-bond donors (Lipinski definition) is 2. The maximum atomic E-state index is 12.2. The highest BCUT2D eigenvalue weighted by atomic mass is 16.5. The van der Waals surface area contributed by atoms with E-state index in [-0.39, 0.29) is 18.1 Å². The first-order valence-corrected chi connectivity index (χ1v) is 6.99. The van der Waals surface area contributed by atoms with Crippen molar-refractivity contribution in [3.05, 3.63) is 29.8 Å². The predicted molar refractivity (Wildman–Crippen MR) is 79.4 cm³/mol. The number of benzene rings is 1. The standard InChI is InChI=1S/C15H23N3O2/c1-18(2)10-11-5-3-4-6-13(11)17-15(19)14-8-7-12(9-16)20-14/h3-6,12,14H,7-10,16H2,1-2H3,(H,17,19). The molecule has 0 radical (unpaired) electrons. The van der Waals surface area contributed by atoms with Crippen LogP contribution in [0.5, 0.6) is 0 Å². The first-order chi connectivity index (χ1) is 9.60. The van der Waals surface area contributed by atoms with Gasteiger partial charge in [-0.05, 0) is 38.6 Å². The molecule has 2 atom stereocenters. The first-order valence-electron chi connectivity index (χ1n) is 6.99. The molecule has 0 bridgehead atoms. The SMILES string of the molecule is CN(C)Cc1ccccc1NC(=O)C1CCC(CN)O1. The van der Waals surface area contributed by atoms with Gasteiger partial charge >= 0.3 is 0 Å². The van der Waals surface area contributed by atoms with Gasteiger partial charge < -0.3 is 20.7 Å². The summed E-state index contributed by atoms with van der Waals surface area (Å²) in [5, 5.41) is 2.97. The number of carbonyl (C=O) groups excluding carboxylic acids is 1. The topological polar surface area (TPSA) is 67.6 Å². The fourth-order valence-electron chi connectivity index (χ4n) is 2.41. The van der Waals surface area contributed by atoms with Gasteiger partial charge in [-0.3, -0.25) is 4.79 Å². The van der Waals surface area contributed by atoms with Crippen LogP contribution >= 0.6 is 0 Å². The molecular formula is C15H23N3O2. The fraction of sp³-hybridized carbons (Fsp3) is 0.533. The summed E-state index contributed by atoms with van der Waals surface area (Å²) in [7, 11) is 4.01. The summed E-state index contributed by atoms with van der Waals surface area (Å²) in [5.74, 6) is -0.0767. The molecule has 1 fully saturated rings. The van der Waals surface area contributed by atoms with Crippen LogP contribution in [-0.2, 0) is 16.1 Å². The van der Waals surface area contributed by atoms with Crippen LogP contribution in [0.25, 0.3) is 0 Å². The van der Waals surface area contributed by atoms with Gasteiger partial charge in [0.05, 0.1) is 6.10 Å². The Morgan fingerprint density at radius 1 is 1.40 bits per heavy atom. The largest absolute Gasteiger partial charge is 0.364 e. The van der Waals surface area contributed by atoms with Crippen molar-refractivity contribution in [2.45, 2.75) is 31.6 Å². The summed E-state index contributed by atoms with van der Waals surface area (Å²) in [6.45, 7) is 1.26. The average molecular weight is 277 g/mol. The number of hydrogen-bond acceptors (Lipinski definition) is 4. The van der Waals surface area contributed by atoms with Gasteiger partial charge in [-0.2, -0.15) is 0 Å². The van der Waals surface area contributed by atoms with Crippen molar-refractivity contribution in [2.24, 2.45) is 5.73 Å². The lowest BCUT2D eigenvalue weighted by Gasteiger charge is -2.17. The third-order valence-corrected chi connectivity index (χ3v) is 3.42. The number of nitrogens with two attached hydrogens (primary N) is 1. The zero-order valence-electron chi connectivity index (χ0n) is 12.1. The highest BCUT2D eigenvalue weighted by Gasteiger charge is 2.30. The zero-order chi connectivity index (χ0) is 14.5. The van der Waals surface area contributed by atoms with Gasteiger partial charge in [-0.25, -0.2) is 0 Å². The molecule has 1 heterocycles. The summed E-state index contributed by atoms with van der Waals surface area (Å²) in [4.78, 5) is 14.3. The van der Waals surface area contributed by atoms with E-state index in [1.807, 2.05) is 38.4 Å². The summed E-state index contributed by atoms with van der Waals surface area (Å²) in [6.07, 6.45) is 1.23. The molecule has 1 saturated heterocycles. The molecule has 2 rings (SSSR count). The molecular weight excluding hydrogens is 254 g/mol. The van der Waals surface area contributed by atoms with Crippen LogP contribution in [0.1, 0.15) is 18.4 Å². The smallest absolute Gasteiger partial charge is 0.253 e. The van der Waals surface area contributed by atoms with Crippen LogP contribution in [0, 0.1) is 0 Å². The highest BCUT2D eigenvalue weighted by molar-refractivity contribution is 5.95. The van der Waals surface area contributed by atoms with Crippen LogP contribution < -0.4 is 11.1 Å². The van der Waals surface area contributed by atoms with Gasteiger partial charge in [-0.1, -0.05) is 18.2 Å². The lowest BCUT2D eigenvalue weighted by molar-refractivity contribution is -0.126. The number of nitrogens with one attached hydrogen (secondary N) is 1. The first kappa shape index (κ1) is 15.0. The molecule has 0 saturated carbocycles. The van der Waals surface area contributed by atoms with Gasteiger partial charge in [0.2, 0.25) is 0 Å². The van der Waals surface area contributed by atoms with Crippen LogP contribution in [0.2, 0.25) is 0 Å². The van der Waals surface area contributed by atoms with Crippen molar-refractivity contribution in [3.8, 4) is 0 Å². The van der Waals surface area contributed by atoms with E-state index in [0.717, 1.165) is 30.6 Å². The third-order valence-electron chi connectivity index (χ3n) is 3.42. The Bertz CT molecular complexity index is 462. The number of para-hydroxylation sites is 1. The number of ether oxygens (including phenoxy) is 1. The van der Waals surface area contributed by atoms with Gasteiger partial charge in [0.1, 0.15) is 6.10 Å². The van der Waals surface area contributed by atoms with E-state index in [0.29, 0.717) is 6.54 Å². The Kier molecular flexibility index (Phi) is 5.11. The summed E-state index contributed by atoms with van der Waals surface area (Å²) >= 11 is 0. The van der Waals surface area contributed by atoms with Gasteiger partial charge in [0.25, 0.3) is 5.91 Å². The number of carbonyl (C=O) groups is 1. The number of rotatable bonds is 5. The minimum absolute atomic E-state index is 0.0165. The van der Waals surface area contributed by atoms with E-state index in [1.165, 1.54) is 0 Å². The summed E-state index contributed by atoms with van der Waals surface area (Å²) in [6, 6.07) is 7.85. The molecule has 0 spiro atoms.